The van der Waals surface area contributed by atoms with Crippen LogP contribution in [-0.4, -0.2) is 4.57 Å². The van der Waals surface area contributed by atoms with Gasteiger partial charge in [0.2, 0.25) is 0 Å². The molecule has 0 aliphatic heterocycles. The molecule has 0 fully saturated rings. The van der Waals surface area contributed by atoms with E-state index in [0.29, 0.717) is 6.54 Å². The average molecular weight is 289 g/mol. The summed E-state index contributed by atoms with van der Waals surface area (Å²) in [7, 11) is 0. The van der Waals surface area contributed by atoms with E-state index in [1.165, 1.54) is 5.56 Å². The van der Waals surface area contributed by atoms with Crippen molar-refractivity contribution in [3.05, 3.63) is 94.4 Å². The molecule has 1 heterocycles. The normalized spacial score (nSPS) is 10.6. The van der Waals surface area contributed by atoms with E-state index in [1.54, 1.807) is 10.6 Å². The Kier molecular flexibility index (Phi) is 4.19. The standard InChI is InChI=1S/C20H19NO/c1-2-16-8-10-18(11-9-16)19-12-13-20(22)21(15-19)14-17-6-4-3-5-7-17/h3-13,15H,2,14H2,1H3. The quantitative estimate of drug-likeness (QED) is 0.708. The molecule has 0 aliphatic rings. The summed E-state index contributed by atoms with van der Waals surface area (Å²) in [6.45, 7) is 2.75. The zero-order valence-electron chi connectivity index (χ0n) is 12.7. The molecule has 0 radical (unpaired) electrons. The summed E-state index contributed by atoms with van der Waals surface area (Å²) >= 11 is 0. The third-order valence-electron chi connectivity index (χ3n) is 3.87. The predicted molar refractivity (Wildman–Crippen MR) is 91.1 cm³/mol. The maximum atomic E-state index is 12.1. The van der Waals surface area contributed by atoms with Crippen LogP contribution in [0.5, 0.6) is 0 Å². The first kappa shape index (κ1) is 14.3. The number of rotatable bonds is 4. The van der Waals surface area contributed by atoms with Gasteiger partial charge >= 0.3 is 0 Å². The summed E-state index contributed by atoms with van der Waals surface area (Å²) in [5.74, 6) is 0. The number of aryl methyl sites for hydroxylation is 1. The molecule has 0 saturated carbocycles. The summed E-state index contributed by atoms with van der Waals surface area (Å²) in [6.07, 6.45) is 2.98. The third-order valence-corrected chi connectivity index (χ3v) is 3.87. The van der Waals surface area contributed by atoms with Crippen LogP contribution in [0.1, 0.15) is 18.1 Å². The van der Waals surface area contributed by atoms with E-state index in [4.69, 9.17) is 0 Å². The number of benzene rings is 2. The van der Waals surface area contributed by atoms with Crippen LogP contribution in [0.4, 0.5) is 0 Å². The Morgan fingerprint density at radius 1 is 0.773 bits per heavy atom. The molecule has 1 aromatic heterocycles. The summed E-state index contributed by atoms with van der Waals surface area (Å²) < 4.78 is 1.76. The van der Waals surface area contributed by atoms with Gasteiger partial charge in [-0.25, -0.2) is 0 Å². The zero-order valence-corrected chi connectivity index (χ0v) is 12.7. The Morgan fingerprint density at radius 3 is 2.14 bits per heavy atom. The van der Waals surface area contributed by atoms with Crippen LogP contribution >= 0.6 is 0 Å². The minimum Gasteiger partial charge on any atom is -0.310 e. The van der Waals surface area contributed by atoms with Crippen molar-refractivity contribution in [3.63, 3.8) is 0 Å². The molecule has 0 amide bonds. The summed E-state index contributed by atoms with van der Waals surface area (Å²) in [6, 6.07) is 22.1. The molecule has 0 spiro atoms. The molecule has 0 N–H and O–H groups in total. The maximum absolute atomic E-state index is 12.1. The predicted octanol–water partition coefficient (Wildman–Crippen LogP) is 4.13. The molecule has 3 rings (SSSR count). The Balaban J connectivity index is 1.93. The monoisotopic (exact) mass is 289 g/mol. The lowest BCUT2D eigenvalue weighted by atomic mass is 10.0. The first-order valence-electron chi connectivity index (χ1n) is 7.60. The lowest BCUT2D eigenvalue weighted by molar-refractivity contribution is 0.761. The van der Waals surface area contributed by atoms with Gasteiger partial charge in [-0.1, -0.05) is 61.5 Å². The van der Waals surface area contributed by atoms with E-state index in [-0.39, 0.29) is 5.56 Å². The SMILES string of the molecule is CCc1ccc(-c2ccc(=O)n(Cc3ccccc3)c2)cc1. The highest BCUT2D eigenvalue weighted by Crippen LogP contribution is 2.19. The number of aromatic nitrogens is 1. The Labute approximate surface area is 130 Å². The summed E-state index contributed by atoms with van der Waals surface area (Å²) in [5, 5.41) is 0. The Hall–Kier alpha value is -2.61. The molecule has 0 bridgehead atoms. The van der Waals surface area contributed by atoms with Gasteiger partial charge in [-0.15, -0.1) is 0 Å². The minimum atomic E-state index is 0.0257. The van der Waals surface area contributed by atoms with Gasteiger partial charge in [0.25, 0.3) is 5.56 Å². The number of hydrogen-bond donors (Lipinski definition) is 0. The van der Waals surface area contributed by atoms with Crippen molar-refractivity contribution in [3.8, 4) is 11.1 Å². The molecule has 2 nitrogen and oxygen atoms in total. The molecule has 0 saturated heterocycles. The van der Waals surface area contributed by atoms with Crippen molar-refractivity contribution in [2.45, 2.75) is 19.9 Å². The molecule has 0 aliphatic carbocycles. The van der Waals surface area contributed by atoms with Crippen LogP contribution in [0.2, 0.25) is 0 Å². The fraction of sp³-hybridized carbons (Fsp3) is 0.150. The van der Waals surface area contributed by atoms with Gasteiger partial charge in [0.05, 0.1) is 6.54 Å². The first-order valence-corrected chi connectivity index (χ1v) is 7.60. The summed E-state index contributed by atoms with van der Waals surface area (Å²) in [4.78, 5) is 12.1. The van der Waals surface area contributed by atoms with Crippen LogP contribution in [0.15, 0.2) is 77.7 Å². The molecule has 0 atom stereocenters. The number of pyridine rings is 1. The van der Waals surface area contributed by atoms with E-state index >= 15 is 0 Å². The van der Waals surface area contributed by atoms with Crippen LogP contribution in [-0.2, 0) is 13.0 Å². The number of nitrogens with zero attached hydrogens (tertiary/aromatic N) is 1. The van der Waals surface area contributed by atoms with E-state index in [9.17, 15) is 4.79 Å². The van der Waals surface area contributed by atoms with Gasteiger partial charge in [-0.2, -0.15) is 0 Å². The minimum absolute atomic E-state index is 0.0257. The highest BCUT2D eigenvalue weighted by Gasteiger charge is 2.03. The van der Waals surface area contributed by atoms with Gasteiger partial charge in [0.15, 0.2) is 0 Å². The van der Waals surface area contributed by atoms with Gasteiger partial charge in [0, 0.05) is 12.3 Å². The van der Waals surface area contributed by atoms with E-state index in [1.807, 2.05) is 42.6 Å². The molecule has 3 aromatic rings. The van der Waals surface area contributed by atoms with Crippen molar-refractivity contribution in [2.75, 3.05) is 0 Å². The maximum Gasteiger partial charge on any atom is 0.250 e. The van der Waals surface area contributed by atoms with Crippen LogP contribution in [0, 0.1) is 0 Å². The van der Waals surface area contributed by atoms with Crippen LogP contribution in [0.3, 0.4) is 0 Å². The molecule has 2 aromatic carbocycles. The Morgan fingerprint density at radius 2 is 1.45 bits per heavy atom. The van der Waals surface area contributed by atoms with Crippen molar-refractivity contribution >= 4 is 0 Å². The second-order valence-electron chi connectivity index (χ2n) is 5.42. The summed E-state index contributed by atoms with van der Waals surface area (Å²) in [5.41, 5.74) is 4.68. The lowest BCUT2D eigenvalue weighted by Gasteiger charge is -2.09. The highest BCUT2D eigenvalue weighted by atomic mass is 16.1. The van der Waals surface area contributed by atoms with Gasteiger partial charge in [-0.3, -0.25) is 4.79 Å². The fourth-order valence-corrected chi connectivity index (χ4v) is 2.54. The van der Waals surface area contributed by atoms with E-state index < -0.39 is 0 Å². The lowest BCUT2D eigenvalue weighted by Crippen LogP contribution is -2.19. The van der Waals surface area contributed by atoms with Gasteiger partial charge in [0.1, 0.15) is 0 Å². The topological polar surface area (TPSA) is 22.0 Å². The van der Waals surface area contributed by atoms with Crippen molar-refractivity contribution < 1.29 is 0 Å². The van der Waals surface area contributed by atoms with Crippen LogP contribution in [0.25, 0.3) is 11.1 Å². The molecule has 0 unspecified atom stereocenters. The van der Waals surface area contributed by atoms with Crippen molar-refractivity contribution in [1.82, 2.24) is 4.57 Å². The third kappa shape index (κ3) is 3.17. The van der Waals surface area contributed by atoms with Crippen molar-refractivity contribution in [1.29, 1.82) is 0 Å². The highest BCUT2D eigenvalue weighted by molar-refractivity contribution is 5.62. The van der Waals surface area contributed by atoms with Gasteiger partial charge < -0.3 is 4.57 Å². The molecule has 2 heteroatoms. The second-order valence-corrected chi connectivity index (χ2v) is 5.42. The average Bonchev–Trinajstić information content (AvgIpc) is 2.58. The van der Waals surface area contributed by atoms with Crippen LogP contribution < -0.4 is 5.56 Å². The number of hydrogen-bond acceptors (Lipinski definition) is 1. The van der Waals surface area contributed by atoms with E-state index in [2.05, 4.69) is 31.2 Å². The van der Waals surface area contributed by atoms with Crippen molar-refractivity contribution in [2.24, 2.45) is 0 Å². The largest absolute Gasteiger partial charge is 0.310 e. The molecular formula is C20H19NO. The van der Waals surface area contributed by atoms with E-state index in [0.717, 1.165) is 23.1 Å². The fourth-order valence-electron chi connectivity index (χ4n) is 2.54. The smallest absolute Gasteiger partial charge is 0.250 e. The van der Waals surface area contributed by atoms with Gasteiger partial charge in [-0.05, 0) is 34.7 Å². The second kappa shape index (κ2) is 6.44. The molecule has 22 heavy (non-hydrogen) atoms. The molecular weight excluding hydrogens is 270 g/mol. The Bertz CT molecular complexity index is 801. The zero-order chi connectivity index (χ0) is 15.4. The first-order chi connectivity index (χ1) is 10.8. The molecule has 110 valence electrons.